The van der Waals surface area contributed by atoms with E-state index in [2.05, 4.69) is 36.6 Å². The molecule has 0 aromatic carbocycles. The Morgan fingerprint density at radius 1 is 1.23 bits per heavy atom. The Kier molecular flexibility index (Phi) is 8.14. The van der Waals surface area contributed by atoms with Crippen LogP contribution in [-0.4, -0.2) is 29.8 Å². The Labute approximate surface area is 184 Å². The zero-order valence-electron chi connectivity index (χ0n) is 18.2. The number of carbonyl (C=O) groups is 1. The predicted octanol–water partition coefficient (Wildman–Crippen LogP) is 5.34. The molecule has 2 fully saturated rings. The molecule has 1 aromatic rings. The second-order valence-electron chi connectivity index (χ2n) is 9.37. The zero-order chi connectivity index (χ0) is 21.6. The molecule has 2 N–H and O–H groups in total. The largest absolute Gasteiger partial charge is 0.366 e. The molecule has 2 heterocycles. The number of nitrogens with zero attached hydrogens (tertiary/aromatic N) is 1. The van der Waals surface area contributed by atoms with E-state index in [0.717, 1.165) is 43.6 Å². The summed E-state index contributed by atoms with van der Waals surface area (Å²) in [5.74, 6) is 1.12. The smallest absolute Gasteiger partial charge is 0.267 e. The first-order chi connectivity index (χ1) is 14.3. The number of pyridine rings is 1. The maximum absolute atomic E-state index is 11.9. The van der Waals surface area contributed by atoms with Crippen LogP contribution in [0.5, 0.6) is 0 Å². The lowest BCUT2D eigenvalue weighted by Crippen LogP contribution is -2.32. The van der Waals surface area contributed by atoms with E-state index in [9.17, 15) is 4.79 Å². The van der Waals surface area contributed by atoms with Gasteiger partial charge in [-0.1, -0.05) is 32.4 Å². The van der Waals surface area contributed by atoms with Gasteiger partial charge in [-0.25, -0.2) is 15.3 Å². The number of hydroxylamine groups is 1. The molecule has 30 heavy (non-hydrogen) atoms. The molecule has 1 unspecified atom stereocenters. The van der Waals surface area contributed by atoms with Gasteiger partial charge in [-0.3, -0.25) is 4.79 Å². The monoisotopic (exact) mass is 435 g/mol. The summed E-state index contributed by atoms with van der Waals surface area (Å²) in [4.78, 5) is 21.7. The van der Waals surface area contributed by atoms with Crippen molar-refractivity contribution in [1.29, 1.82) is 0 Å². The van der Waals surface area contributed by atoms with Gasteiger partial charge in [-0.15, -0.1) is 0 Å². The molecule has 3 rings (SSSR count). The topological polar surface area (TPSA) is 72.5 Å². The van der Waals surface area contributed by atoms with E-state index < -0.39 is 0 Å². The van der Waals surface area contributed by atoms with Crippen molar-refractivity contribution in [2.75, 3.05) is 11.9 Å². The van der Waals surface area contributed by atoms with Crippen LogP contribution >= 0.6 is 11.6 Å². The van der Waals surface area contributed by atoms with Crippen LogP contribution in [0.3, 0.4) is 0 Å². The molecule has 0 spiro atoms. The molecular weight excluding hydrogens is 402 g/mol. The van der Waals surface area contributed by atoms with E-state index in [0.29, 0.717) is 28.9 Å². The molecule has 1 saturated heterocycles. The number of anilines is 1. The van der Waals surface area contributed by atoms with Gasteiger partial charge in [0.2, 0.25) is 0 Å². The van der Waals surface area contributed by atoms with Crippen molar-refractivity contribution in [2.24, 2.45) is 11.3 Å². The molecule has 7 heteroatoms. The SMILES string of the molecule is CC(C)(C)C1CCC(Nc2ncc(C=CC(=O)NOC3CCCCO3)cc2Cl)CC1. The number of hydrogen-bond donors (Lipinski definition) is 2. The minimum atomic E-state index is -0.365. The molecule has 1 aliphatic heterocycles. The van der Waals surface area contributed by atoms with Gasteiger partial charge in [0.15, 0.2) is 6.29 Å². The van der Waals surface area contributed by atoms with Crippen molar-refractivity contribution in [3.05, 3.63) is 28.9 Å². The lowest BCUT2D eigenvalue weighted by atomic mass is 9.71. The fourth-order valence-electron chi connectivity index (χ4n) is 4.08. The van der Waals surface area contributed by atoms with Crippen molar-refractivity contribution < 1.29 is 14.4 Å². The van der Waals surface area contributed by atoms with Gasteiger partial charge in [0.1, 0.15) is 5.82 Å². The Bertz CT molecular complexity index is 734. The van der Waals surface area contributed by atoms with Crippen LogP contribution in [0.25, 0.3) is 6.08 Å². The lowest BCUT2D eigenvalue weighted by molar-refractivity contribution is -0.198. The van der Waals surface area contributed by atoms with E-state index >= 15 is 0 Å². The van der Waals surface area contributed by atoms with E-state index in [1.807, 2.05) is 6.07 Å². The van der Waals surface area contributed by atoms with E-state index in [1.165, 1.54) is 18.9 Å². The number of hydrogen-bond acceptors (Lipinski definition) is 5. The van der Waals surface area contributed by atoms with Crippen molar-refractivity contribution >= 4 is 29.4 Å². The van der Waals surface area contributed by atoms with E-state index in [1.54, 1.807) is 12.3 Å². The van der Waals surface area contributed by atoms with Crippen LogP contribution in [0.2, 0.25) is 5.02 Å². The predicted molar refractivity (Wildman–Crippen MR) is 120 cm³/mol. The number of nitrogens with one attached hydrogen (secondary N) is 2. The molecule has 1 atom stereocenters. The van der Waals surface area contributed by atoms with Gasteiger partial charge in [-0.05, 0) is 67.6 Å². The van der Waals surface area contributed by atoms with Crippen molar-refractivity contribution in [3.63, 3.8) is 0 Å². The molecular formula is C23H34ClN3O3. The number of aromatic nitrogens is 1. The summed E-state index contributed by atoms with van der Waals surface area (Å²) in [6.07, 6.45) is 12.0. The molecule has 1 saturated carbocycles. The standard InChI is InChI=1S/C23H34ClN3O3/c1-23(2,3)17-8-10-18(11-9-17)26-22-19(24)14-16(15-25-22)7-12-20(28)27-30-21-6-4-5-13-29-21/h7,12,14-15,17-18,21H,4-6,8-11,13H2,1-3H3,(H,25,26)(H,27,28). The third kappa shape index (κ3) is 6.96. The van der Waals surface area contributed by atoms with Crippen molar-refractivity contribution in [1.82, 2.24) is 10.5 Å². The van der Waals surface area contributed by atoms with Gasteiger partial charge in [0, 0.05) is 31.3 Å². The van der Waals surface area contributed by atoms with Crippen LogP contribution in [0.1, 0.15) is 71.3 Å². The van der Waals surface area contributed by atoms with Gasteiger partial charge in [0.25, 0.3) is 5.91 Å². The summed E-state index contributed by atoms with van der Waals surface area (Å²) in [5, 5.41) is 4.05. The number of carbonyl (C=O) groups excluding carboxylic acids is 1. The molecule has 1 aromatic heterocycles. The normalized spacial score (nSPS) is 25.3. The maximum Gasteiger partial charge on any atom is 0.267 e. The van der Waals surface area contributed by atoms with Gasteiger partial charge in [-0.2, -0.15) is 0 Å². The van der Waals surface area contributed by atoms with Crippen molar-refractivity contribution in [2.45, 2.75) is 78.0 Å². The van der Waals surface area contributed by atoms with Gasteiger partial charge >= 0.3 is 0 Å². The van der Waals surface area contributed by atoms with Crippen LogP contribution < -0.4 is 10.8 Å². The molecule has 1 aliphatic carbocycles. The minimum absolute atomic E-state index is 0.349. The lowest BCUT2D eigenvalue weighted by Gasteiger charge is -2.37. The zero-order valence-corrected chi connectivity index (χ0v) is 19.0. The highest BCUT2D eigenvalue weighted by molar-refractivity contribution is 6.33. The maximum atomic E-state index is 11.9. The van der Waals surface area contributed by atoms with Crippen molar-refractivity contribution in [3.8, 4) is 0 Å². The van der Waals surface area contributed by atoms with Gasteiger partial charge in [0.05, 0.1) is 5.02 Å². The number of rotatable bonds is 6. The first-order valence-electron chi connectivity index (χ1n) is 11.0. The summed E-state index contributed by atoms with van der Waals surface area (Å²) in [5.41, 5.74) is 3.53. The Hall–Kier alpha value is -1.63. The summed E-state index contributed by atoms with van der Waals surface area (Å²) in [6.45, 7) is 7.64. The summed E-state index contributed by atoms with van der Waals surface area (Å²) in [6, 6.07) is 2.21. The van der Waals surface area contributed by atoms with Crippen LogP contribution in [-0.2, 0) is 14.4 Å². The highest BCUT2D eigenvalue weighted by Gasteiger charge is 2.29. The highest BCUT2D eigenvalue weighted by atomic mass is 35.5. The van der Waals surface area contributed by atoms with E-state index in [4.69, 9.17) is 21.2 Å². The second-order valence-corrected chi connectivity index (χ2v) is 9.78. The third-order valence-corrected chi connectivity index (χ3v) is 6.30. The second kappa shape index (κ2) is 10.6. The number of amides is 1. The van der Waals surface area contributed by atoms with Crippen LogP contribution in [0.15, 0.2) is 18.3 Å². The Morgan fingerprint density at radius 2 is 2.00 bits per heavy atom. The molecule has 1 amide bonds. The number of halogens is 1. The third-order valence-electron chi connectivity index (χ3n) is 6.01. The van der Waals surface area contributed by atoms with Crippen LogP contribution in [0, 0.1) is 11.3 Å². The molecule has 166 valence electrons. The highest BCUT2D eigenvalue weighted by Crippen LogP contribution is 2.38. The first kappa shape index (κ1) is 23.0. The van der Waals surface area contributed by atoms with Gasteiger partial charge < -0.3 is 10.1 Å². The quantitative estimate of drug-likeness (QED) is 0.466. The summed E-state index contributed by atoms with van der Waals surface area (Å²) in [7, 11) is 0. The summed E-state index contributed by atoms with van der Waals surface area (Å²) < 4.78 is 5.41. The molecule has 0 radical (unpaired) electrons. The first-order valence-corrected chi connectivity index (χ1v) is 11.4. The Morgan fingerprint density at radius 3 is 2.63 bits per heavy atom. The summed E-state index contributed by atoms with van der Waals surface area (Å²) >= 11 is 6.43. The molecule has 0 bridgehead atoms. The van der Waals surface area contributed by atoms with Crippen LogP contribution in [0.4, 0.5) is 5.82 Å². The molecule has 2 aliphatic rings. The van der Waals surface area contributed by atoms with E-state index in [-0.39, 0.29) is 12.2 Å². The average Bonchev–Trinajstić information content (AvgIpc) is 2.73. The molecule has 6 nitrogen and oxygen atoms in total. The fraction of sp³-hybridized carbons (Fsp3) is 0.652. The fourth-order valence-corrected chi connectivity index (χ4v) is 4.31. The average molecular weight is 436 g/mol. The number of ether oxygens (including phenoxy) is 1. The minimum Gasteiger partial charge on any atom is -0.366 e. The Balaban J connectivity index is 1.46.